The first-order chi connectivity index (χ1) is 4.53. The third kappa shape index (κ3) is 1.67. The largest absolute Gasteiger partial charge is 0.325 e. The van der Waals surface area contributed by atoms with Gasteiger partial charge in [0.2, 0.25) is 0 Å². The van der Waals surface area contributed by atoms with Crippen molar-refractivity contribution in [3.8, 4) is 0 Å². The Balaban J connectivity index is 2.39. The van der Waals surface area contributed by atoms with Crippen LogP contribution in [0.25, 0.3) is 0 Å². The Hall–Kier alpha value is -0.630. The maximum Gasteiger partial charge on any atom is 0.159 e. The predicted octanol–water partition coefficient (Wildman–Crippen LogP) is 1.01. The standard InChI is InChI=1S/C8H13NO/c1-6(2)7(10)5-8(9)3-4-8/h1,3-5,9H2,2H3. The van der Waals surface area contributed by atoms with Gasteiger partial charge in [0, 0.05) is 12.0 Å². The highest BCUT2D eigenvalue weighted by atomic mass is 16.1. The molecule has 10 heavy (non-hydrogen) atoms. The van der Waals surface area contributed by atoms with Gasteiger partial charge in [0.1, 0.15) is 0 Å². The highest BCUT2D eigenvalue weighted by molar-refractivity contribution is 5.95. The minimum absolute atomic E-state index is 0.111. The first-order valence-corrected chi connectivity index (χ1v) is 3.51. The highest BCUT2D eigenvalue weighted by Crippen LogP contribution is 2.36. The Bertz CT molecular complexity index is 180. The van der Waals surface area contributed by atoms with Crippen molar-refractivity contribution >= 4 is 5.78 Å². The predicted molar refractivity (Wildman–Crippen MR) is 40.6 cm³/mol. The first-order valence-electron chi connectivity index (χ1n) is 3.51. The molecule has 0 radical (unpaired) electrons. The van der Waals surface area contributed by atoms with Crippen LogP contribution in [-0.2, 0) is 4.79 Å². The van der Waals surface area contributed by atoms with Crippen LogP contribution in [0.5, 0.6) is 0 Å². The van der Waals surface area contributed by atoms with Gasteiger partial charge >= 0.3 is 0 Å². The van der Waals surface area contributed by atoms with E-state index in [-0.39, 0.29) is 11.3 Å². The molecule has 1 aliphatic rings. The van der Waals surface area contributed by atoms with Crippen LogP contribution in [0.4, 0.5) is 0 Å². The fourth-order valence-electron chi connectivity index (χ4n) is 0.808. The number of hydrogen-bond donors (Lipinski definition) is 1. The summed E-state index contributed by atoms with van der Waals surface area (Å²) in [5, 5.41) is 0. The maximum atomic E-state index is 11.0. The Kier molecular flexibility index (Phi) is 1.65. The molecule has 1 rings (SSSR count). The molecule has 0 aromatic heterocycles. The van der Waals surface area contributed by atoms with Crippen molar-refractivity contribution in [2.24, 2.45) is 5.73 Å². The molecule has 0 atom stereocenters. The van der Waals surface area contributed by atoms with Gasteiger partial charge in [-0.3, -0.25) is 4.79 Å². The van der Waals surface area contributed by atoms with E-state index < -0.39 is 0 Å². The van der Waals surface area contributed by atoms with Crippen LogP contribution in [0.15, 0.2) is 12.2 Å². The summed E-state index contributed by atoms with van der Waals surface area (Å²) in [6, 6.07) is 0. The van der Waals surface area contributed by atoms with Gasteiger partial charge in [-0.05, 0) is 25.3 Å². The number of Topliss-reactive ketones (excluding diaryl/α,β-unsaturated/α-hetero) is 1. The van der Waals surface area contributed by atoms with E-state index in [1.807, 2.05) is 0 Å². The van der Waals surface area contributed by atoms with E-state index in [1.54, 1.807) is 6.92 Å². The minimum atomic E-state index is -0.157. The second-order valence-electron chi connectivity index (χ2n) is 3.24. The van der Waals surface area contributed by atoms with Crippen molar-refractivity contribution < 1.29 is 4.79 Å². The average Bonchev–Trinajstić information content (AvgIpc) is 2.47. The highest BCUT2D eigenvalue weighted by Gasteiger charge is 2.39. The Morgan fingerprint density at radius 1 is 1.70 bits per heavy atom. The molecule has 2 nitrogen and oxygen atoms in total. The zero-order valence-corrected chi connectivity index (χ0v) is 6.31. The molecule has 0 bridgehead atoms. The minimum Gasteiger partial charge on any atom is -0.325 e. The zero-order chi connectivity index (χ0) is 7.78. The van der Waals surface area contributed by atoms with E-state index in [0.29, 0.717) is 12.0 Å². The van der Waals surface area contributed by atoms with Crippen LogP contribution < -0.4 is 5.73 Å². The Labute approximate surface area is 61.1 Å². The van der Waals surface area contributed by atoms with E-state index in [2.05, 4.69) is 6.58 Å². The van der Waals surface area contributed by atoms with Gasteiger partial charge in [-0.25, -0.2) is 0 Å². The van der Waals surface area contributed by atoms with Crippen LogP contribution in [0.2, 0.25) is 0 Å². The zero-order valence-electron chi connectivity index (χ0n) is 6.31. The number of hydrogen-bond acceptors (Lipinski definition) is 2. The summed E-state index contributed by atoms with van der Waals surface area (Å²) in [4.78, 5) is 11.0. The summed E-state index contributed by atoms with van der Waals surface area (Å²) in [5.74, 6) is 0.111. The fourth-order valence-corrected chi connectivity index (χ4v) is 0.808. The molecule has 0 saturated heterocycles. The molecule has 1 saturated carbocycles. The van der Waals surface area contributed by atoms with Gasteiger partial charge in [-0.1, -0.05) is 6.58 Å². The van der Waals surface area contributed by atoms with Crippen LogP contribution in [0.3, 0.4) is 0 Å². The van der Waals surface area contributed by atoms with Gasteiger partial charge < -0.3 is 5.73 Å². The molecule has 1 aliphatic carbocycles. The summed E-state index contributed by atoms with van der Waals surface area (Å²) in [6.45, 7) is 5.29. The van der Waals surface area contributed by atoms with E-state index in [4.69, 9.17) is 5.73 Å². The molecule has 0 spiro atoms. The lowest BCUT2D eigenvalue weighted by Gasteiger charge is -2.05. The van der Waals surface area contributed by atoms with Gasteiger partial charge in [0.05, 0.1) is 0 Å². The van der Waals surface area contributed by atoms with Crippen LogP contribution in [0.1, 0.15) is 26.2 Å². The number of allylic oxidation sites excluding steroid dienone is 1. The van der Waals surface area contributed by atoms with Crippen molar-refractivity contribution in [1.82, 2.24) is 0 Å². The lowest BCUT2D eigenvalue weighted by Crippen LogP contribution is -2.25. The number of nitrogens with two attached hydrogens (primary N) is 1. The summed E-state index contributed by atoms with van der Waals surface area (Å²) < 4.78 is 0. The van der Waals surface area contributed by atoms with Crippen molar-refractivity contribution in [3.63, 3.8) is 0 Å². The molecule has 56 valence electrons. The van der Waals surface area contributed by atoms with Crippen molar-refractivity contribution in [2.45, 2.75) is 31.7 Å². The molecular weight excluding hydrogens is 126 g/mol. The molecule has 0 aliphatic heterocycles. The van der Waals surface area contributed by atoms with Gasteiger partial charge in [-0.2, -0.15) is 0 Å². The number of carbonyl (C=O) groups excluding carboxylic acids is 1. The molecule has 2 N–H and O–H groups in total. The molecule has 0 aromatic rings. The van der Waals surface area contributed by atoms with Gasteiger partial charge in [0.25, 0.3) is 0 Å². The lowest BCUT2D eigenvalue weighted by atomic mass is 10.1. The second kappa shape index (κ2) is 2.20. The molecule has 0 amide bonds. The normalized spacial score (nSPS) is 20.2. The molecule has 2 heteroatoms. The lowest BCUT2D eigenvalue weighted by molar-refractivity contribution is -0.115. The quantitative estimate of drug-likeness (QED) is 0.593. The Morgan fingerprint density at radius 2 is 2.20 bits per heavy atom. The molecule has 0 aromatic carbocycles. The molecule has 0 unspecified atom stereocenters. The van der Waals surface area contributed by atoms with Crippen molar-refractivity contribution in [3.05, 3.63) is 12.2 Å². The molecular formula is C8H13NO. The molecule has 1 fully saturated rings. The second-order valence-corrected chi connectivity index (χ2v) is 3.24. The summed E-state index contributed by atoms with van der Waals surface area (Å²) in [5.41, 5.74) is 6.19. The summed E-state index contributed by atoms with van der Waals surface area (Å²) in [7, 11) is 0. The van der Waals surface area contributed by atoms with E-state index in [1.165, 1.54) is 0 Å². The third-order valence-corrected chi connectivity index (χ3v) is 1.88. The first kappa shape index (κ1) is 7.48. The molecule has 0 heterocycles. The van der Waals surface area contributed by atoms with Crippen molar-refractivity contribution in [2.75, 3.05) is 0 Å². The third-order valence-electron chi connectivity index (χ3n) is 1.88. The summed E-state index contributed by atoms with van der Waals surface area (Å²) >= 11 is 0. The van der Waals surface area contributed by atoms with E-state index >= 15 is 0 Å². The smallest absolute Gasteiger partial charge is 0.159 e. The topological polar surface area (TPSA) is 43.1 Å². The van der Waals surface area contributed by atoms with Crippen LogP contribution in [0, 0.1) is 0 Å². The van der Waals surface area contributed by atoms with E-state index in [9.17, 15) is 4.79 Å². The van der Waals surface area contributed by atoms with E-state index in [0.717, 1.165) is 12.8 Å². The van der Waals surface area contributed by atoms with Crippen LogP contribution >= 0.6 is 0 Å². The fraction of sp³-hybridized carbons (Fsp3) is 0.625. The average molecular weight is 139 g/mol. The van der Waals surface area contributed by atoms with Gasteiger partial charge in [0.15, 0.2) is 5.78 Å². The number of ketones is 1. The SMILES string of the molecule is C=C(C)C(=O)CC1(N)CC1. The van der Waals surface area contributed by atoms with Gasteiger partial charge in [-0.15, -0.1) is 0 Å². The van der Waals surface area contributed by atoms with Crippen LogP contribution in [-0.4, -0.2) is 11.3 Å². The monoisotopic (exact) mass is 139 g/mol. The number of carbonyl (C=O) groups is 1. The maximum absolute atomic E-state index is 11.0. The summed E-state index contributed by atoms with van der Waals surface area (Å²) in [6.07, 6.45) is 2.47. The Morgan fingerprint density at radius 3 is 2.50 bits per heavy atom. The van der Waals surface area contributed by atoms with Crippen molar-refractivity contribution in [1.29, 1.82) is 0 Å². The number of rotatable bonds is 3.